The molecule has 0 saturated heterocycles. The molecule has 0 unspecified atom stereocenters. The fourth-order valence-electron chi connectivity index (χ4n) is 4.35. The van der Waals surface area contributed by atoms with E-state index in [-0.39, 0.29) is 19.3 Å². The molecule has 0 aliphatic rings. The van der Waals surface area contributed by atoms with Crippen LogP contribution < -0.4 is 14.2 Å². The van der Waals surface area contributed by atoms with E-state index >= 15 is 0 Å². The SMILES string of the molecule is COc1c(CO)cc(C)cc1-c1cc(C)cc(-c2cc(C)cc(CO)c2OC)c1OC(C)C. The van der Waals surface area contributed by atoms with Gasteiger partial charge < -0.3 is 24.4 Å². The Balaban J connectivity index is 2.45. The lowest BCUT2D eigenvalue weighted by molar-refractivity contribution is 0.244. The van der Waals surface area contributed by atoms with Crippen LogP contribution in [-0.4, -0.2) is 30.5 Å². The molecule has 0 atom stereocenters. The number of benzene rings is 3. The van der Waals surface area contributed by atoms with E-state index in [0.717, 1.165) is 50.1 Å². The molecule has 0 radical (unpaired) electrons. The maximum atomic E-state index is 9.95. The van der Waals surface area contributed by atoms with E-state index in [1.54, 1.807) is 14.2 Å². The fourth-order valence-corrected chi connectivity index (χ4v) is 4.35. The molecule has 0 amide bonds. The molecular weight excluding hydrogens is 416 g/mol. The third-order valence-electron chi connectivity index (χ3n) is 5.54. The number of hydrogen-bond donors (Lipinski definition) is 2. The first-order valence-corrected chi connectivity index (χ1v) is 11.1. The summed E-state index contributed by atoms with van der Waals surface area (Å²) < 4.78 is 17.9. The molecule has 0 aromatic heterocycles. The number of aliphatic hydroxyl groups is 2. The first kappa shape index (κ1) is 24.6. The molecule has 3 aromatic carbocycles. The Hall–Kier alpha value is -3.02. The molecule has 2 N–H and O–H groups in total. The van der Waals surface area contributed by atoms with Gasteiger partial charge in [0.05, 0.1) is 33.5 Å². The quantitative estimate of drug-likeness (QED) is 0.458. The van der Waals surface area contributed by atoms with Gasteiger partial charge in [-0.05, 0) is 75.6 Å². The molecule has 0 saturated carbocycles. The van der Waals surface area contributed by atoms with Gasteiger partial charge in [0.15, 0.2) is 0 Å². The summed E-state index contributed by atoms with van der Waals surface area (Å²) in [5.74, 6) is 1.96. The summed E-state index contributed by atoms with van der Waals surface area (Å²) in [6, 6.07) is 12.1. The predicted octanol–water partition coefficient (Wildman–Crippen LogP) is 5.73. The van der Waals surface area contributed by atoms with Crippen molar-refractivity contribution >= 4 is 0 Å². The van der Waals surface area contributed by atoms with Gasteiger partial charge in [0.2, 0.25) is 0 Å². The summed E-state index contributed by atoms with van der Waals surface area (Å²) in [5, 5.41) is 19.9. The van der Waals surface area contributed by atoms with Crippen molar-refractivity contribution in [1.29, 1.82) is 0 Å². The second kappa shape index (κ2) is 10.3. The predicted molar refractivity (Wildman–Crippen MR) is 132 cm³/mol. The van der Waals surface area contributed by atoms with Gasteiger partial charge in [-0.2, -0.15) is 0 Å². The Bertz CT molecular complexity index is 1070. The summed E-state index contributed by atoms with van der Waals surface area (Å²) in [7, 11) is 3.23. The van der Waals surface area contributed by atoms with Crippen molar-refractivity contribution in [1.82, 2.24) is 0 Å². The lowest BCUT2D eigenvalue weighted by Gasteiger charge is -2.23. The highest BCUT2D eigenvalue weighted by atomic mass is 16.5. The minimum Gasteiger partial charge on any atom is -0.496 e. The zero-order valence-corrected chi connectivity index (χ0v) is 20.6. The lowest BCUT2D eigenvalue weighted by atomic mass is 9.90. The Labute approximate surface area is 196 Å². The van der Waals surface area contributed by atoms with Crippen LogP contribution in [0.25, 0.3) is 22.3 Å². The monoisotopic (exact) mass is 450 g/mol. The molecule has 0 aliphatic heterocycles. The third-order valence-corrected chi connectivity index (χ3v) is 5.54. The van der Waals surface area contributed by atoms with Crippen LogP contribution in [0, 0.1) is 20.8 Å². The second-order valence-corrected chi connectivity index (χ2v) is 8.68. The number of methoxy groups -OCH3 is 2. The largest absolute Gasteiger partial charge is 0.496 e. The molecule has 33 heavy (non-hydrogen) atoms. The highest BCUT2D eigenvalue weighted by molar-refractivity contribution is 5.88. The van der Waals surface area contributed by atoms with Crippen LogP contribution in [0.1, 0.15) is 41.7 Å². The Morgan fingerprint density at radius 1 is 0.606 bits per heavy atom. The number of rotatable bonds is 8. The highest BCUT2D eigenvalue weighted by Crippen LogP contribution is 2.48. The lowest BCUT2D eigenvalue weighted by Crippen LogP contribution is -2.09. The van der Waals surface area contributed by atoms with E-state index in [0.29, 0.717) is 17.2 Å². The molecule has 0 spiro atoms. The molecule has 0 heterocycles. The van der Waals surface area contributed by atoms with Crippen molar-refractivity contribution in [3.8, 4) is 39.5 Å². The second-order valence-electron chi connectivity index (χ2n) is 8.68. The molecule has 0 fully saturated rings. The fraction of sp³-hybridized carbons (Fsp3) is 0.357. The van der Waals surface area contributed by atoms with Crippen LogP contribution in [0.5, 0.6) is 17.2 Å². The van der Waals surface area contributed by atoms with Crippen LogP contribution in [0.4, 0.5) is 0 Å². The number of ether oxygens (including phenoxy) is 3. The van der Waals surface area contributed by atoms with Crippen molar-refractivity contribution in [3.05, 3.63) is 64.2 Å². The van der Waals surface area contributed by atoms with Crippen LogP contribution in [-0.2, 0) is 13.2 Å². The highest BCUT2D eigenvalue weighted by Gasteiger charge is 2.23. The van der Waals surface area contributed by atoms with Gasteiger partial charge in [0.25, 0.3) is 0 Å². The molecular formula is C28H34O5. The van der Waals surface area contributed by atoms with E-state index in [9.17, 15) is 10.2 Å². The minimum absolute atomic E-state index is 0.0774. The first-order valence-electron chi connectivity index (χ1n) is 11.1. The van der Waals surface area contributed by atoms with Crippen LogP contribution in [0.15, 0.2) is 36.4 Å². The summed E-state index contributed by atoms with van der Waals surface area (Å²) in [4.78, 5) is 0. The summed E-state index contributed by atoms with van der Waals surface area (Å²) in [6.45, 7) is 9.78. The van der Waals surface area contributed by atoms with Gasteiger partial charge >= 0.3 is 0 Å². The van der Waals surface area contributed by atoms with Crippen molar-refractivity contribution in [2.45, 2.75) is 53.9 Å². The Morgan fingerprint density at radius 2 is 0.939 bits per heavy atom. The number of hydrogen-bond acceptors (Lipinski definition) is 5. The average Bonchev–Trinajstić information content (AvgIpc) is 2.78. The van der Waals surface area contributed by atoms with E-state index in [4.69, 9.17) is 14.2 Å². The smallest absolute Gasteiger partial charge is 0.135 e. The number of aryl methyl sites for hydroxylation is 3. The zero-order chi connectivity index (χ0) is 24.3. The van der Waals surface area contributed by atoms with Crippen molar-refractivity contribution < 1.29 is 24.4 Å². The molecule has 176 valence electrons. The van der Waals surface area contributed by atoms with Crippen molar-refractivity contribution in [2.24, 2.45) is 0 Å². The maximum Gasteiger partial charge on any atom is 0.135 e. The van der Waals surface area contributed by atoms with Gasteiger partial charge in [-0.15, -0.1) is 0 Å². The topological polar surface area (TPSA) is 68.2 Å². The molecule has 3 rings (SSSR count). The first-order chi connectivity index (χ1) is 15.7. The summed E-state index contributed by atoms with van der Waals surface area (Å²) in [6.07, 6.45) is -0.0774. The molecule has 3 aromatic rings. The summed E-state index contributed by atoms with van der Waals surface area (Å²) in [5.41, 5.74) is 7.99. The summed E-state index contributed by atoms with van der Waals surface area (Å²) >= 11 is 0. The average molecular weight is 451 g/mol. The van der Waals surface area contributed by atoms with Gasteiger partial charge in [0, 0.05) is 33.4 Å². The van der Waals surface area contributed by atoms with Crippen LogP contribution >= 0.6 is 0 Å². The standard InChI is InChI=1S/C28H34O5/c1-16(2)33-28-24(22-10-17(3)8-20(14-29)26(22)31-6)12-19(5)13-25(28)23-11-18(4)9-21(15-30)27(23)32-7/h8-13,16,29-30H,14-15H2,1-7H3. The zero-order valence-electron chi connectivity index (χ0n) is 20.6. The molecule has 5 heteroatoms. The van der Waals surface area contributed by atoms with E-state index < -0.39 is 0 Å². The van der Waals surface area contributed by atoms with E-state index in [1.807, 2.05) is 46.8 Å². The van der Waals surface area contributed by atoms with Crippen LogP contribution in [0.2, 0.25) is 0 Å². The Kier molecular flexibility index (Phi) is 7.67. The number of aliphatic hydroxyl groups excluding tert-OH is 2. The van der Waals surface area contributed by atoms with E-state index in [2.05, 4.69) is 24.3 Å². The van der Waals surface area contributed by atoms with Gasteiger partial charge in [-0.1, -0.05) is 12.1 Å². The maximum absolute atomic E-state index is 9.95. The van der Waals surface area contributed by atoms with E-state index in [1.165, 1.54) is 0 Å². The molecule has 0 aliphatic carbocycles. The normalized spacial score (nSPS) is 11.1. The van der Waals surface area contributed by atoms with Crippen molar-refractivity contribution in [2.75, 3.05) is 14.2 Å². The Morgan fingerprint density at radius 3 is 1.24 bits per heavy atom. The van der Waals surface area contributed by atoms with Gasteiger partial charge in [0.1, 0.15) is 17.2 Å². The van der Waals surface area contributed by atoms with Crippen LogP contribution in [0.3, 0.4) is 0 Å². The minimum atomic E-state index is -0.123. The third kappa shape index (κ3) is 5.00. The van der Waals surface area contributed by atoms with Gasteiger partial charge in [-0.25, -0.2) is 0 Å². The molecule has 0 bridgehead atoms. The van der Waals surface area contributed by atoms with Gasteiger partial charge in [-0.3, -0.25) is 0 Å². The molecule has 5 nitrogen and oxygen atoms in total. The van der Waals surface area contributed by atoms with Crippen molar-refractivity contribution in [3.63, 3.8) is 0 Å².